The van der Waals surface area contributed by atoms with Crippen LogP contribution >= 0.6 is 0 Å². The van der Waals surface area contributed by atoms with E-state index in [4.69, 9.17) is 9.84 Å². The van der Waals surface area contributed by atoms with Crippen LogP contribution in [0.2, 0.25) is 0 Å². The quantitative estimate of drug-likeness (QED) is 0.373. The monoisotopic (exact) mass is 154 g/mol. The second kappa shape index (κ2) is 4.95. The molecule has 2 heteroatoms. The summed E-state index contributed by atoms with van der Waals surface area (Å²) in [5.41, 5.74) is -0.919. The molecule has 0 saturated heterocycles. The number of hydrogen-bond acceptors (Lipinski definition) is 2. The standard InChI is InChI=1S/C9H14O2/c1-4-7-11-8-5-6-9(2,3)10/h4,10H,1,7-8H2,2-3H3. The topological polar surface area (TPSA) is 29.5 Å². The highest BCUT2D eigenvalue weighted by Crippen LogP contribution is 1.95. The Hall–Kier alpha value is -0.780. The zero-order chi connectivity index (χ0) is 8.74. The van der Waals surface area contributed by atoms with Gasteiger partial charge >= 0.3 is 0 Å². The lowest BCUT2D eigenvalue weighted by atomic mass is 10.1. The summed E-state index contributed by atoms with van der Waals surface area (Å²) in [5.74, 6) is 5.32. The molecule has 0 aromatic heterocycles. The first-order valence-corrected chi connectivity index (χ1v) is 3.47. The highest BCUT2D eigenvalue weighted by Gasteiger charge is 2.04. The van der Waals surface area contributed by atoms with Gasteiger partial charge in [0.25, 0.3) is 0 Å². The Morgan fingerprint density at radius 3 is 2.73 bits per heavy atom. The summed E-state index contributed by atoms with van der Waals surface area (Å²) < 4.78 is 4.98. The summed E-state index contributed by atoms with van der Waals surface area (Å²) >= 11 is 0. The van der Waals surface area contributed by atoms with Crippen LogP contribution < -0.4 is 0 Å². The van der Waals surface area contributed by atoms with Crippen molar-refractivity contribution in [1.29, 1.82) is 0 Å². The Kier molecular flexibility index (Phi) is 4.60. The summed E-state index contributed by atoms with van der Waals surface area (Å²) in [6.07, 6.45) is 1.66. The molecular weight excluding hydrogens is 140 g/mol. The van der Waals surface area contributed by atoms with Gasteiger partial charge in [0.1, 0.15) is 12.2 Å². The molecule has 0 atom stereocenters. The molecule has 0 aromatic rings. The zero-order valence-corrected chi connectivity index (χ0v) is 7.05. The van der Waals surface area contributed by atoms with Gasteiger partial charge in [-0.2, -0.15) is 0 Å². The predicted molar refractivity (Wildman–Crippen MR) is 45.1 cm³/mol. The first kappa shape index (κ1) is 10.2. The van der Waals surface area contributed by atoms with Crippen molar-refractivity contribution in [2.24, 2.45) is 0 Å². The fourth-order valence-corrected chi connectivity index (χ4v) is 0.446. The van der Waals surface area contributed by atoms with E-state index >= 15 is 0 Å². The number of ether oxygens (including phenoxy) is 1. The summed E-state index contributed by atoms with van der Waals surface area (Å²) in [6.45, 7) is 7.59. The maximum absolute atomic E-state index is 9.12. The van der Waals surface area contributed by atoms with Crippen LogP contribution in [0.3, 0.4) is 0 Å². The van der Waals surface area contributed by atoms with Gasteiger partial charge in [-0.3, -0.25) is 0 Å². The van der Waals surface area contributed by atoms with E-state index in [-0.39, 0.29) is 0 Å². The lowest BCUT2D eigenvalue weighted by molar-refractivity contribution is 0.142. The Bertz CT molecular complexity index is 166. The van der Waals surface area contributed by atoms with Gasteiger partial charge in [-0.1, -0.05) is 17.9 Å². The van der Waals surface area contributed by atoms with E-state index in [1.54, 1.807) is 19.9 Å². The molecule has 0 aliphatic rings. The number of hydrogen-bond donors (Lipinski definition) is 1. The van der Waals surface area contributed by atoms with Gasteiger partial charge in [0.2, 0.25) is 0 Å². The van der Waals surface area contributed by atoms with Crippen LogP contribution in [0, 0.1) is 11.8 Å². The summed E-state index contributed by atoms with van der Waals surface area (Å²) in [7, 11) is 0. The lowest BCUT2D eigenvalue weighted by Gasteiger charge is -2.05. The zero-order valence-electron chi connectivity index (χ0n) is 7.05. The van der Waals surface area contributed by atoms with E-state index < -0.39 is 5.60 Å². The van der Waals surface area contributed by atoms with Gasteiger partial charge in [-0.25, -0.2) is 0 Å². The van der Waals surface area contributed by atoms with Crippen molar-refractivity contribution in [3.8, 4) is 11.8 Å². The van der Waals surface area contributed by atoms with E-state index in [9.17, 15) is 0 Å². The Labute approximate surface area is 67.9 Å². The Morgan fingerprint density at radius 1 is 1.64 bits per heavy atom. The van der Waals surface area contributed by atoms with Crippen LogP contribution in [-0.2, 0) is 4.74 Å². The molecule has 11 heavy (non-hydrogen) atoms. The molecule has 0 rings (SSSR count). The summed E-state index contributed by atoms with van der Waals surface area (Å²) in [6, 6.07) is 0. The number of rotatable bonds is 3. The van der Waals surface area contributed by atoms with E-state index in [1.165, 1.54) is 0 Å². The SMILES string of the molecule is C=CCOCC#CC(C)(C)O. The molecule has 0 aliphatic carbocycles. The maximum Gasteiger partial charge on any atom is 0.120 e. The van der Waals surface area contributed by atoms with Crippen LogP contribution in [-0.4, -0.2) is 23.9 Å². The molecule has 0 aromatic carbocycles. The van der Waals surface area contributed by atoms with Crippen molar-refractivity contribution in [1.82, 2.24) is 0 Å². The third-order valence-electron chi connectivity index (χ3n) is 0.804. The first-order valence-electron chi connectivity index (χ1n) is 3.47. The van der Waals surface area contributed by atoms with Gasteiger partial charge in [-0.05, 0) is 13.8 Å². The maximum atomic E-state index is 9.12. The molecule has 0 aliphatic heterocycles. The second-order valence-corrected chi connectivity index (χ2v) is 2.66. The largest absolute Gasteiger partial charge is 0.378 e. The van der Waals surface area contributed by atoms with Gasteiger partial charge in [0.05, 0.1) is 6.61 Å². The van der Waals surface area contributed by atoms with Crippen molar-refractivity contribution < 1.29 is 9.84 Å². The van der Waals surface area contributed by atoms with Gasteiger partial charge in [0, 0.05) is 0 Å². The number of aliphatic hydroxyl groups is 1. The van der Waals surface area contributed by atoms with Crippen molar-refractivity contribution in [2.75, 3.05) is 13.2 Å². The van der Waals surface area contributed by atoms with E-state index in [0.29, 0.717) is 13.2 Å². The van der Waals surface area contributed by atoms with Crippen LogP contribution in [0.25, 0.3) is 0 Å². The minimum Gasteiger partial charge on any atom is -0.378 e. The van der Waals surface area contributed by atoms with Crippen LogP contribution in [0.15, 0.2) is 12.7 Å². The minimum atomic E-state index is -0.919. The van der Waals surface area contributed by atoms with Crippen molar-refractivity contribution in [2.45, 2.75) is 19.4 Å². The van der Waals surface area contributed by atoms with E-state index in [1.807, 2.05) is 0 Å². The highest BCUT2D eigenvalue weighted by atomic mass is 16.5. The van der Waals surface area contributed by atoms with Crippen LogP contribution in [0.5, 0.6) is 0 Å². The molecule has 0 fully saturated rings. The average Bonchev–Trinajstić information content (AvgIpc) is 1.85. The molecule has 0 amide bonds. The van der Waals surface area contributed by atoms with Gasteiger partial charge in [-0.15, -0.1) is 6.58 Å². The van der Waals surface area contributed by atoms with E-state index in [0.717, 1.165) is 0 Å². The molecule has 2 nitrogen and oxygen atoms in total. The third-order valence-corrected chi connectivity index (χ3v) is 0.804. The van der Waals surface area contributed by atoms with Crippen molar-refractivity contribution >= 4 is 0 Å². The smallest absolute Gasteiger partial charge is 0.120 e. The molecular formula is C9H14O2. The average molecular weight is 154 g/mol. The summed E-state index contributed by atoms with van der Waals surface area (Å²) in [5, 5.41) is 9.12. The molecule has 0 spiro atoms. The fraction of sp³-hybridized carbons (Fsp3) is 0.556. The van der Waals surface area contributed by atoms with Crippen LogP contribution in [0.1, 0.15) is 13.8 Å². The normalized spacial score (nSPS) is 10.1. The molecule has 0 radical (unpaired) electrons. The third kappa shape index (κ3) is 9.22. The molecule has 0 unspecified atom stereocenters. The first-order chi connectivity index (χ1) is 5.06. The minimum absolute atomic E-state index is 0.343. The highest BCUT2D eigenvalue weighted by molar-refractivity contribution is 5.10. The van der Waals surface area contributed by atoms with Crippen LogP contribution in [0.4, 0.5) is 0 Å². The van der Waals surface area contributed by atoms with E-state index in [2.05, 4.69) is 18.4 Å². The Morgan fingerprint density at radius 2 is 2.27 bits per heavy atom. The predicted octanol–water partition coefficient (Wildman–Crippen LogP) is 0.963. The molecule has 0 heterocycles. The lowest BCUT2D eigenvalue weighted by Crippen LogP contribution is -2.14. The fourth-order valence-electron chi connectivity index (χ4n) is 0.446. The molecule has 0 saturated carbocycles. The molecule has 62 valence electrons. The summed E-state index contributed by atoms with van der Waals surface area (Å²) in [4.78, 5) is 0. The van der Waals surface area contributed by atoms with Crippen molar-refractivity contribution in [3.63, 3.8) is 0 Å². The van der Waals surface area contributed by atoms with Gasteiger partial charge < -0.3 is 9.84 Å². The van der Waals surface area contributed by atoms with Crippen molar-refractivity contribution in [3.05, 3.63) is 12.7 Å². The molecule has 1 N–H and O–H groups in total. The Balaban J connectivity index is 3.48. The second-order valence-electron chi connectivity index (χ2n) is 2.66. The molecule has 0 bridgehead atoms. The van der Waals surface area contributed by atoms with Gasteiger partial charge in [0.15, 0.2) is 0 Å².